The van der Waals surface area contributed by atoms with Gasteiger partial charge in [0.05, 0.1) is 5.56 Å². The van der Waals surface area contributed by atoms with Crippen molar-refractivity contribution in [1.29, 1.82) is 0 Å². The number of pyridine rings is 1. The summed E-state index contributed by atoms with van der Waals surface area (Å²) in [4.78, 5) is 4.90. The monoisotopic (exact) mass is 300 g/mol. The summed E-state index contributed by atoms with van der Waals surface area (Å²) in [5.41, 5.74) is -0.412. The molecule has 0 fully saturated rings. The van der Waals surface area contributed by atoms with Crippen LogP contribution in [0.25, 0.3) is 0 Å². The number of likely N-dealkylation sites (N-methyl/N-ethyl adjacent to an activating group) is 1. The lowest BCUT2D eigenvalue weighted by atomic mass is 9.99. The van der Waals surface area contributed by atoms with Gasteiger partial charge >= 0.3 is 6.18 Å². The Bertz CT molecular complexity index is 538. The molecule has 0 spiro atoms. The van der Waals surface area contributed by atoms with Gasteiger partial charge in [-0.25, -0.2) is 0 Å². The zero-order valence-corrected chi connectivity index (χ0v) is 11.8. The molecule has 0 aliphatic rings. The Hall–Kier alpha value is -1.40. The molecule has 0 aliphatic heterocycles. The van der Waals surface area contributed by atoms with Crippen molar-refractivity contribution in [2.75, 3.05) is 6.54 Å². The first kappa shape index (κ1) is 15.0. The highest BCUT2D eigenvalue weighted by molar-refractivity contribution is 7.09. The standard InChI is InChI=1S/C14H15F3N2S/c1-2-19-13(8-10-4-3-7-20-10)11-9-18-6-5-12(11)14(15,16)17/h3-7,9,13,19H,2,8H2,1H3. The molecule has 2 aromatic heterocycles. The summed E-state index contributed by atoms with van der Waals surface area (Å²) in [7, 11) is 0. The molecule has 0 amide bonds. The maximum Gasteiger partial charge on any atom is 0.416 e. The van der Waals surface area contributed by atoms with Gasteiger partial charge in [0.2, 0.25) is 0 Å². The van der Waals surface area contributed by atoms with Gasteiger partial charge in [0.15, 0.2) is 0 Å². The van der Waals surface area contributed by atoms with Crippen LogP contribution >= 0.6 is 11.3 Å². The van der Waals surface area contributed by atoms with Crippen molar-refractivity contribution in [3.8, 4) is 0 Å². The maximum atomic E-state index is 13.1. The summed E-state index contributed by atoms with van der Waals surface area (Å²) in [6.07, 6.45) is -1.34. The normalized spacial score (nSPS) is 13.4. The van der Waals surface area contributed by atoms with Crippen LogP contribution in [0.5, 0.6) is 0 Å². The van der Waals surface area contributed by atoms with E-state index >= 15 is 0 Å². The Labute approximate surface area is 119 Å². The smallest absolute Gasteiger partial charge is 0.310 e. The van der Waals surface area contributed by atoms with E-state index in [0.29, 0.717) is 13.0 Å². The average Bonchev–Trinajstić information content (AvgIpc) is 2.90. The number of hydrogen-bond acceptors (Lipinski definition) is 3. The Morgan fingerprint density at radius 3 is 2.75 bits per heavy atom. The molecule has 0 bridgehead atoms. The largest absolute Gasteiger partial charge is 0.416 e. The lowest BCUT2D eigenvalue weighted by Crippen LogP contribution is -2.25. The molecule has 0 aromatic carbocycles. The summed E-state index contributed by atoms with van der Waals surface area (Å²) in [6.45, 7) is 2.48. The van der Waals surface area contributed by atoms with Crippen molar-refractivity contribution < 1.29 is 13.2 Å². The van der Waals surface area contributed by atoms with E-state index in [4.69, 9.17) is 0 Å². The first-order chi connectivity index (χ1) is 9.52. The van der Waals surface area contributed by atoms with Crippen molar-refractivity contribution in [3.05, 3.63) is 52.0 Å². The summed E-state index contributed by atoms with van der Waals surface area (Å²) >= 11 is 1.54. The summed E-state index contributed by atoms with van der Waals surface area (Å²) in [5, 5.41) is 5.04. The average molecular weight is 300 g/mol. The van der Waals surface area contributed by atoms with Crippen LogP contribution in [-0.4, -0.2) is 11.5 Å². The van der Waals surface area contributed by atoms with Crippen LogP contribution in [0.2, 0.25) is 0 Å². The van der Waals surface area contributed by atoms with Gasteiger partial charge in [0.1, 0.15) is 0 Å². The van der Waals surface area contributed by atoms with E-state index in [2.05, 4.69) is 10.3 Å². The van der Waals surface area contributed by atoms with Crippen LogP contribution in [0.15, 0.2) is 36.0 Å². The minimum atomic E-state index is -4.36. The molecule has 2 heterocycles. The Balaban J connectivity index is 2.34. The highest BCUT2D eigenvalue weighted by Crippen LogP contribution is 2.35. The third-order valence-corrected chi connectivity index (χ3v) is 3.87. The minimum absolute atomic E-state index is 0.204. The van der Waals surface area contributed by atoms with Crippen LogP contribution in [0, 0.1) is 0 Å². The zero-order valence-electron chi connectivity index (χ0n) is 10.9. The van der Waals surface area contributed by atoms with Gasteiger partial charge in [-0.1, -0.05) is 13.0 Å². The van der Waals surface area contributed by atoms with Gasteiger partial charge in [0, 0.05) is 29.7 Å². The molecule has 6 heteroatoms. The lowest BCUT2D eigenvalue weighted by Gasteiger charge is -2.21. The van der Waals surface area contributed by atoms with Crippen LogP contribution in [0.3, 0.4) is 0 Å². The number of hydrogen-bond donors (Lipinski definition) is 1. The number of nitrogens with one attached hydrogen (secondary N) is 1. The number of thiophene rings is 1. The Morgan fingerprint density at radius 1 is 1.35 bits per heavy atom. The van der Waals surface area contributed by atoms with Gasteiger partial charge in [-0.2, -0.15) is 13.2 Å². The van der Waals surface area contributed by atoms with Crippen molar-refractivity contribution in [2.45, 2.75) is 25.6 Å². The summed E-state index contributed by atoms with van der Waals surface area (Å²) in [5.74, 6) is 0. The van der Waals surface area contributed by atoms with E-state index in [1.807, 2.05) is 24.4 Å². The second kappa shape index (κ2) is 6.37. The van der Waals surface area contributed by atoms with Crippen molar-refractivity contribution in [2.24, 2.45) is 0 Å². The van der Waals surface area contributed by atoms with Gasteiger partial charge in [0.25, 0.3) is 0 Å². The molecule has 1 N–H and O–H groups in total. The second-order valence-corrected chi connectivity index (χ2v) is 5.39. The van der Waals surface area contributed by atoms with Crippen molar-refractivity contribution in [1.82, 2.24) is 10.3 Å². The van der Waals surface area contributed by atoms with E-state index in [-0.39, 0.29) is 11.6 Å². The molecular weight excluding hydrogens is 285 g/mol. The highest BCUT2D eigenvalue weighted by Gasteiger charge is 2.35. The fraction of sp³-hybridized carbons (Fsp3) is 0.357. The van der Waals surface area contributed by atoms with Gasteiger partial charge < -0.3 is 5.32 Å². The van der Waals surface area contributed by atoms with E-state index in [9.17, 15) is 13.2 Å². The van der Waals surface area contributed by atoms with Gasteiger partial charge in [-0.15, -0.1) is 11.3 Å². The number of halogens is 3. The highest BCUT2D eigenvalue weighted by atomic mass is 32.1. The van der Waals surface area contributed by atoms with Crippen LogP contribution < -0.4 is 5.32 Å². The van der Waals surface area contributed by atoms with E-state index < -0.39 is 11.7 Å². The molecule has 0 radical (unpaired) electrons. The molecule has 2 nitrogen and oxygen atoms in total. The summed E-state index contributed by atoms with van der Waals surface area (Å²) < 4.78 is 39.2. The number of nitrogens with zero attached hydrogens (tertiary/aromatic N) is 1. The Morgan fingerprint density at radius 2 is 2.15 bits per heavy atom. The first-order valence-electron chi connectivity index (χ1n) is 6.29. The summed E-state index contributed by atoms with van der Waals surface area (Å²) in [6, 6.07) is 4.48. The zero-order chi connectivity index (χ0) is 14.6. The first-order valence-corrected chi connectivity index (χ1v) is 7.17. The van der Waals surface area contributed by atoms with Gasteiger partial charge in [-0.05, 0) is 29.6 Å². The molecule has 0 saturated carbocycles. The molecule has 1 unspecified atom stereocenters. The molecule has 20 heavy (non-hydrogen) atoms. The third-order valence-electron chi connectivity index (χ3n) is 2.97. The number of rotatable bonds is 5. The van der Waals surface area contributed by atoms with Crippen molar-refractivity contribution in [3.63, 3.8) is 0 Å². The third kappa shape index (κ3) is 3.58. The lowest BCUT2D eigenvalue weighted by molar-refractivity contribution is -0.138. The van der Waals surface area contributed by atoms with Gasteiger partial charge in [-0.3, -0.25) is 4.98 Å². The molecular formula is C14H15F3N2S. The predicted octanol–water partition coefficient (Wildman–Crippen LogP) is 4.06. The number of alkyl halides is 3. The Kier molecular flexibility index (Phi) is 4.77. The molecule has 0 aliphatic carbocycles. The fourth-order valence-electron chi connectivity index (χ4n) is 2.11. The van der Waals surface area contributed by atoms with Crippen molar-refractivity contribution >= 4 is 11.3 Å². The van der Waals surface area contributed by atoms with E-state index in [1.165, 1.54) is 12.4 Å². The fourth-order valence-corrected chi connectivity index (χ4v) is 2.86. The van der Waals surface area contributed by atoms with E-state index in [1.54, 1.807) is 11.3 Å². The minimum Gasteiger partial charge on any atom is -0.310 e. The molecule has 108 valence electrons. The van der Waals surface area contributed by atoms with Crippen LogP contribution in [-0.2, 0) is 12.6 Å². The second-order valence-electron chi connectivity index (χ2n) is 4.35. The van der Waals surface area contributed by atoms with E-state index in [0.717, 1.165) is 10.9 Å². The number of aromatic nitrogens is 1. The molecule has 1 atom stereocenters. The SMILES string of the molecule is CCNC(Cc1cccs1)c1cnccc1C(F)(F)F. The van der Waals surface area contributed by atoms with Crippen LogP contribution in [0.4, 0.5) is 13.2 Å². The quantitative estimate of drug-likeness (QED) is 0.901. The predicted molar refractivity (Wildman–Crippen MR) is 73.7 cm³/mol. The topological polar surface area (TPSA) is 24.9 Å². The van der Waals surface area contributed by atoms with Crippen LogP contribution in [0.1, 0.15) is 29.0 Å². The molecule has 2 rings (SSSR count). The molecule has 0 saturated heterocycles. The molecule has 2 aromatic rings. The maximum absolute atomic E-state index is 13.1.